The summed E-state index contributed by atoms with van der Waals surface area (Å²) in [5, 5.41) is 21.7. The first-order valence-corrected chi connectivity index (χ1v) is 6.68. The monoisotopic (exact) mass is 289 g/mol. The number of hydrogen-bond donors (Lipinski definition) is 1. The van der Waals surface area contributed by atoms with Crippen LogP contribution in [-0.4, -0.2) is 55.4 Å². The molecule has 19 heavy (non-hydrogen) atoms. The van der Waals surface area contributed by atoms with Crippen LogP contribution in [0.3, 0.4) is 0 Å². The van der Waals surface area contributed by atoms with Crippen LogP contribution in [0.1, 0.15) is 27.2 Å². The van der Waals surface area contributed by atoms with Crippen molar-refractivity contribution in [1.82, 2.24) is 25.1 Å². The maximum Gasteiger partial charge on any atom is 0.138 e. The molecule has 0 amide bonds. The van der Waals surface area contributed by atoms with Crippen molar-refractivity contribution in [2.24, 2.45) is 11.8 Å². The fourth-order valence-corrected chi connectivity index (χ4v) is 2.78. The highest BCUT2D eigenvalue weighted by Crippen LogP contribution is 2.33. The molecule has 0 saturated carbocycles. The molecule has 0 bridgehead atoms. The molecule has 6 nitrogen and oxygen atoms in total. The number of aryl methyl sites for hydroxylation is 1. The summed E-state index contributed by atoms with van der Waals surface area (Å²) in [5.41, 5.74) is -0.533. The fourth-order valence-electron chi connectivity index (χ4n) is 2.78. The van der Waals surface area contributed by atoms with E-state index in [0.29, 0.717) is 11.8 Å². The van der Waals surface area contributed by atoms with Gasteiger partial charge in [0.15, 0.2) is 0 Å². The summed E-state index contributed by atoms with van der Waals surface area (Å²) in [6.45, 7) is 9.91. The van der Waals surface area contributed by atoms with Gasteiger partial charge in [-0.1, -0.05) is 20.8 Å². The third kappa shape index (κ3) is 3.64. The number of aromatic nitrogens is 4. The molecule has 1 aliphatic heterocycles. The van der Waals surface area contributed by atoms with Gasteiger partial charge in [-0.25, -0.2) is 4.68 Å². The minimum atomic E-state index is -0.533. The van der Waals surface area contributed by atoms with Gasteiger partial charge in [-0.2, -0.15) is 0 Å². The Bertz CT molecular complexity index is 372. The first kappa shape index (κ1) is 16.3. The number of likely N-dealkylation sites (tertiary alicyclic amines) is 1. The Morgan fingerprint density at radius 2 is 2.16 bits per heavy atom. The zero-order valence-electron chi connectivity index (χ0n) is 11.9. The van der Waals surface area contributed by atoms with Gasteiger partial charge in [0.2, 0.25) is 0 Å². The van der Waals surface area contributed by atoms with Crippen molar-refractivity contribution >= 4 is 12.4 Å². The van der Waals surface area contributed by atoms with Gasteiger partial charge < -0.3 is 10.0 Å². The zero-order valence-corrected chi connectivity index (χ0v) is 12.7. The molecule has 0 aromatic carbocycles. The van der Waals surface area contributed by atoms with Gasteiger partial charge in [-0.05, 0) is 28.7 Å². The maximum atomic E-state index is 10.6. The second kappa shape index (κ2) is 6.63. The third-order valence-corrected chi connectivity index (χ3v) is 4.12. The predicted octanol–water partition coefficient (Wildman–Crippen LogP) is 0.824. The number of aliphatic hydroxyl groups is 1. The highest BCUT2D eigenvalue weighted by Gasteiger charge is 2.44. The molecular weight excluding hydrogens is 266 g/mol. The number of hydrogen-bond acceptors (Lipinski definition) is 5. The van der Waals surface area contributed by atoms with Crippen LogP contribution < -0.4 is 0 Å². The van der Waals surface area contributed by atoms with Gasteiger partial charge in [-0.15, -0.1) is 17.5 Å². The van der Waals surface area contributed by atoms with E-state index in [1.807, 2.05) is 0 Å². The molecule has 2 heterocycles. The van der Waals surface area contributed by atoms with E-state index in [0.717, 1.165) is 32.6 Å². The molecule has 1 aliphatic rings. The smallest absolute Gasteiger partial charge is 0.138 e. The van der Waals surface area contributed by atoms with E-state index in [9.17, 15) is 5.11 Å². The molecule has 1 saturated heterocycles. The highest BCUT2D eigenvalue weighted by atomic mass is 35.5. The number of rotatable bonds is 5. The van der Waals surface area contributed by atoms with Crippen LogP contribution >= 0.6 is 12.4 Å². The summed E-state index contributed by atoms with van der Waals surface area (Å²) < 4.78 is 1.74. The SMILES string of the molecule is CC(C)[C@]1(O)CN(CCCn2cnnn2)C[C@H]1C.Cl. The molecule has 0 aliphatic carbocycles. The number of nitrogens with zero attached hydrogens (tertiary/aromatic N) is 5. The zero-order chi connectivity index (χ0) is 13.2. The van der Waals surface area contributed by atoms with Crippen molar-refractivity contribution < 1.29 is 5.11 Å². The summed E-state index contributed by atoms with van der Waals surface area (Å²) in [6, 6.07) is 0. The molecule has 0 unspecified atom stereocenters. The standard InChI is InChI=1S/C12H23N5O.ClH/c1-10(2)12(18)8-16(7-11(12)3)5-4-6-17-9-13-14-15-17;/h9-11,18H,4-8H2,1-3H3;1H/t11-,12-;/m1./s1. The number of tetrazole rings is 1. The summed E-state index contributed by atoms with van der Waals surface area (Å²) in [6.07, 6.45) is 2.64. The minimum Gasteiger partial charge on any atom is -0.388 e. The summed E-state index contributed by atoms with van der Waals surface area (Å²) in [4.78, 5) is 2.34. The number of halogens is 1. The largest absolute Gasteiger partial charge is 0.388 e. The van der Waals surface area contributed by atoms with Crippen LogP contribution in [0.15, 0.2) is 6.33 Å². The molecule has 2 rings (SSSR count). The van der Waals surface area contributed by atoms with Gasteiger partial charge in [0.1, 0.15) is 6.33 Å². The summed E-state index contributed by atoms with van der Waals surface area (Å²) in [7, 11) is 0. The molecule has 0 radical (unpaired) electrons. The Balaban J connectivity index is 0.00000180. The lowest BCUT2D eigenvalue weighted by molar-refractivity contribution is -0.0252. The lowest BCUT2D eigenvalue weighted by Crippen LogP contribution is -2.42. The first-order valence-electron chi connectivity index (χ1n) is 6.68. The second-order valence-corrected chi connectivity index (χ2v) is 5.71. The summed E-state index contributed by atoms with van der Waals surface area (Å²) >= 11 is 0. The van der Waals surface area contributed by atoms with Gasteiger partial charge >= 0.3 is 0 Å². The fraction of sp³-hybridized carbons (Fsp3) is 0.917. The van der Waals surface area contributed by atoms with E-state index < -0.39 is 5.60 Å². The second-order valence-electron chi connectivity index (χ2n) is 5.71. The van der Waals surface area contributed by atoms with Crippen LogP contribution in [0.2, 0.25) is 0 Å². The Morgan fingerprint density at radius 1 is 1.42 bits per heavy atom. The van der Waals surface area contributed by atoms with Crippen LogP contribution in [-0.2, 0) is 6.54 Å². The van der Waals surface area contributed by atoms with Crippen LogP contribution in [0, 0.1) is 11.8 Å². The molecule has 110 valence electrons. The van der Waals surface area contributed by atoms with Crippen molar-refractivity contribution in [3.05, 3.63) is 6.33 Å². The molecule has 1 aromatic rings. The van der Waals surface area contributed by atoms with E-state index in [4.69, 9.17) is 0 Å². The van der Waals surface area contributed by atoms with E-state index in [1.165, 1.54) is 0 Å². The van der Waals surface area contributed by atoms with E-state index in [2.05, 4.69) is 41.2 Å². The van der Waals surface area contributed by atoms with Crippen molar-refractivity contribution in [2.75, 3.05) is 19.6 Å². The Morgan fingerprint density at radius 3 is 2.68 bits per heavy atom. The van der Waals surface area contributed by atoms with E-state index in [1.54, 1.807) is 11.0 Å². The minimum absolute atomic E-state index is 0. The normalized spacial score (nSPS) is 27.7. The number of β-amino-alcohol motifs (C(OH)–C–C–N with tert-alkyl or cyclic N) is 1. The molecule has 0 spiro atoms. The molecule has 1 aromatic heterocycles. The molecule has 7 heteroatoms. The van der Waals surface area contributed by atoms with Crippen LogP contribution in [0.4, 0.5) is 0 Å². The van der Waals surface area contributed by atoms with Crippen molar-refractivity contribution in [3.63, 3.8) is 0 Å². The van der Waals surface area contributed by atoms with Gasteiger partial charge in [0.25, 0.3) is 0 Å². The lowest BCUT2D eigenvalue weighted by atomic mass is 9.82. The topological polar surface area (TPSA) is 67.1 Å². The third-order valence-electron chi connectivity index (χ3n) is 4.12. The van der Waals surface area contributed by atoms with Crippen LogP contribution in [0.5, 0.6) is 0 Å². The molecule has 1 N–H and O–H groups in total. The molecule has 2 atom stereocenters. The average Bonchev–Trinajstić information content (AvgIpc) is 2.89. The Kier molecular flexibility index (Phi) is 5.70. The maximum absolute atomic E-state index is 10.6. The van der Waals surface area contributed by atoms with Gasteiger partial charge in [0, 0.05) is 26.2 Å². The quantitative estimate of drug-likeness (QED) is 0.869. The van der Waals surface area contributed by atoms with Crippen molar-refractivity contribution in [2.45, 2.75) is 39.3 Å². The van der Waals surface area contributed by atoms with Crippen molar-refractivity contribution in [3.8, 4) is 0 Å². The van der Waals surface area contributed by atoms with Gasteiger partial charge in [0.05, 0.1) is 5.60 Å². The van der Waals surface area contributed by atoms with Crippen LogP contribution in [0.25, 0.3) is 0 Å². The Hall–Kier alpha value is -0.720. The highest BCUT2D eigenvalue weighted by molar-refractivity contribution is 5.85. The summed E-state index contributed by atoms with van der Waals surface area (Å²) in [5.74, 6) is 0.641. The molecule has 1 fully saturated rings. The van der Waals surface area contributed by atoms with Gasteiger partial charge in [-0.3, -0.25) is 0 Å². The Labute approximate surface area is 120 Å². The molecular formula is C12H24ClN5O. The average molecular weight is 290 g/mol. The van der Waals surface area contributed by atoms with E-state index in [-0.39, 0.29) is 12.4 Å². The van der Waals surface area contributed by atoms with E-state index >= 15 is 0 Å². The lowest BCUT2D eigenvalue weighted by Gasteiger charge is -2.31. The first-order chi connectivity index (χ1) is 8.52. The predicted molar refractivity (Wildman–Crippen MR) is 75.1 cm³/mol. The van der Waals surface area contributed by atoms with Crippen molar-refractivity contribution in [1.29, 1.82) is 0 Å².